The van der Waals surface area contributed by atoms with Crippen LogP contribution in [0.5, 0.6) is 0 Å². The minimum atomic E-state index is -4.36. The fraction of sp³-hybridized carbons (Fsp3) is 0.0667. The summed E-state index contributed by atoms with van der Waals surface area (Å²) >= 11 is 0. The number of alkyl halides is 3. The molecule has 0 aliphatic rings. The van der Waals surface area contributed by atoms with Gasteiger partial charge in [-0.3, -0.25) is 0 Å². The van der Waals surface area contributed by atoms with E-state index in [-0.39, 0.29) is 5.56 Å². The molecule has 0 bridgehead atoms. The smallest absolute Gasteiger partial charge is 0.166 e. The van der Waals surface area contributed by atoms with Crippen molar-refractivity contribution < 1.29 is 13.2 Å². The average Bonchev–Trinajstić information content (AvgIpc) is 2.37. The zero-order valence-corrected chi connectivity index (χ0v) is 9.48. The van der Waals surface area contributed by atoms with Gasteiger partial charge < -0.3 is 0 Å². The lowest BCUT2D eigenvalue weighted by Gasteiger charge is -2.12. The molecule has 2 aromatic rings. The second-order valence-corrected chi connectivity index (χ2v) is 3.83. The molecule has 2 aromatic carbocycles. The molecule has 0 saturated carbocycles. The van der Waals surface area contributed by atoms with Crippen molar-refractivity contribution in [1.82, 2.24) is 0 Å². The van der Waals surface area contributed by atoms with Crippen molar-refractivity contribution in [2.45, 2.75) is 6.18 Å². The third-order valence-corrected chi connectivity index (χ3v) is 2.50. The molecule has 0 nitrogen and oxygen atoms in total. The van der Waals surface area contributed by atoms with E-state index in [9.17, 15) is 13.2 Å². The maximum atomic E-state index is 13.0. The van der Waals surface area contributed by atoms with Crippen molar-refractivity contribution in [3.63, 3.8) is 0 Å². The van der Waals surface area contributed by atoms with Gasteiger partial charge in [-0.2, -0.15) is 13.2 Å². The Morgan fingerprint density at radius 3 is 1.78 bits per heavy atom. The molecule has 0 aliphatic heterocycles. The van der Waals surface area contributed by atoms with Crippen LogP contribution in [0.3, 0.4) is 0 Å². The average molecular weight is 248 g/mol. The number of hydrogen-bond acceptors (Lipinski definition) is 0. The van der Waals surface area contributed by atoms with E-state index in [2.05, 4.69) is 0 Å². The first-order chi connectivity index (χ1) is 8.57. The van der Waals surface area contributed by atoms with Crippen LogP contribution in [0.25, 0.3) is 11.6 Å². The minimum absolute atomic E-state index is 0.175. The summed E-state index contributed by atoms with van der Waals surface area (Å²) in [7, 11) is 0. The maximum Gasteiger partial charge on any atom is 0.417 e. The molecule has 2 rings (SSSR count). The van der Waals surface area contributed by atoms with E-state index in [4.69, 9.17) is 0 Å². The zero-order chi connectivity index (χ0) is 13.0. The fourth-order valence-corrected chi connectivity index (χ4v) is 1.66. The van der Waals surface area contributed by atoms with E-state index in [0.29, 0.717) is 5.56 Å². The summed E-state index contributed by atoms with van der Waals surface area (Å²) in [4.78, 5) is 0. The summed E-state index contributed by atoms with van der Waals surface area (Å²) in [6.07, 6.45) is -3.20. The second kappa shape index (κ2) is 5.08. The van der Waals surface area contributed by atoms with Crippen LogP contribution < -0.4 is 0 Å². The highest BCUT2D eigenvalue weighted by Crippen LogP contribution is 2.35. The zero-order valence-electron chi connectivity index (χ0n) is 9.48. The molecule has 0 radical (unpaired) electrons. The Kier molecular flexibility index (Phi) is 3.51. The van der Waals surface area contributed by atoms with E-state index in [0.717, 1.165) is 6.08 Å². The first-order valence-electron chi connectivity index (χ1n) is 5.47. The predicted molar refractivity (Wildman–Crippen MR) is 66.8 cm³/mol. The minimum Gasteiger partial charge on any atom is -0.166 e. The quantitative estimate of drug-likeness (QED) is 0.670. The summed E-state index contributed by atoms with van der Waals surface area (Å²) in [6, 6.07) is 16.3. The van der Waals surface area contributed by atoms with E-state index in [1.807, 2.05) is 0 Å². The molecule has 0 heterocycles. The predicted octanol–water partition coefficient (Wildman–Crippen LogP) is 4.79. The molecule has 0 atom stereocenters. The van der Waals surface area contributed by atoms with Crippen molar-refractivity contribution in [1.29, 1.82) is 0 Å². The highest BCUT2D eigenvalue weighted by molar-refractivity contribution is 5.84. The maximum absolute atomic E-state index is 13.0. The van der Waals surface area contributed by atoms with Gasteiger partial charge in [-0.1, -0.05) is 60.7 Å². The van der Waals surface area contributed by atoms with Gasteiger partial charge in [-0.05, 0) is 17.2 Å². The van der Waals surface area contributed by atoms with Crippen LogP contribution in [-0.4, -0.2) is 6.18 Å². The third kappa shape index (κ3) is 3.00. The standard InChI is InChI=1S/C15H11F3/c16-15(17,18)14(13-9-5-2-6-10-13)11-12-7-3-1-4-8-12/h1-11H. The highest BCUT2D eigenvalue weighted by atomic mass is 19.4. The molecule has 0 spiro atoms. The van der Waals surface area contributed by atoms with Gasteiger partial charge in [0.25, 0.3) is 0 Å². The van der Waals surface area contributed by atoms with Crippen LogP contribution in [0.1, 0.15) is 11.1 Å². The van der Waals surface area contributed by atoms with Gasteiger partial charge >= 0.3 is 6.18 Å². The van der Waals surface area contributed by atoms with Crippen molar-refractivity contribution >= 4 is 11.6 Å². The summed E-state index contributed by atoms with van der Waals surface area (Å²) in [5, 5.41) is 0. The molecular formula is C15H11F3. The molecule has 0 N–H and O–H groups in total. The first-order valence-corrected chi connectivity index (χ1v) is 5.47. The lowest BCUT2D eigenvalue weighted by atomic mass is 10.0. The van der Waals surface area contributed by atoms with Crippen LogP contribution in [0.4, 0.5) is 13.2 Å². The lowest BCUT2D eigenvalue weighted by Crippen LogP contribution is -2.10. The van der Waals surface area contributed by atoms with E-state index < -0.39 is 11.7 Å². The van der Waals surface area contributed by atoms with Crippen molar-refractivity contribution in [2.24, 2.45) is 0 Å². The van der Waals surface area contributed by atoms with Crippen LogP contribution in [0.15, 0.2) is 60.7 Å². The van der Waals surface area contributed by atoms with Gasteiger partial charge in [0, 0.05) is 0 Å². The largest absolute Gasteiger partial charge is 0.417 e. The van der Waals surface area contributed by atoms with Crippen LogP contribution in [0.2, 0.25) is 0 Å². The fourth-order valence-electron chi connectivity index (χ4n) is 1.66. The topological polar surface area (TPSA) is 0 Å². The third-order valence-electron chi connectivity index (χ3n) is 2.50. The van der Waals surface area contributed by atoms with Gasteiger partial charge in [0.15, 0.2) is 0 Å². The molecule has 0 unspecified atom stereocenters. The molecule has 3 heteroatoms. The number of hydrogen-bond donors (Lipinski definition) is 0. The molecule has 0 aromatic heterocycles. The van der Waals surface area contributed by atoms with Crippen molar-refractivity contribution in [3.8, 4) is 0 Å². The molecule has 92 valence electrons. The van der Waals surface area contributed by atoms with Gasteiger partial charge in [0.2, 0.25) is 0 Å². The molecule has 0 saturated heterocycles. The van der Waals surface area contributed by atoms with Gasteiger partial charge in [-0.25, -0.2) is 0 Å². The van der Waals surface area contributed by atoms with Gasteiger partial charge in [-0.15, -0.1) is 0 Å². The Morgan fingerprint density at radius 1 is 0.778 bits per heavy atom. The van der Waals surface area contributed by atoms with E-state index >= 15 is 0 Å². The van der Waals surface area contributed by atoms with E-state index in [1.165, 1.54) is 12.1 Å². The van der Waals surface area contributed by atoms with Crippen LogP contribution in [0, 0.1) is 0 Å². The molecule has 18 heavy (non-hydrogen) atoms. The molecular weight excluding hydrogens is 237 g/mol. The Bertz CT molecular complexity index is 525. The van der Waals surface area contributed by atoms with Gasteiger partial charge in [0.1, 0.15) is 0 Å². The summed E-state index contributed by atoms with van der Waals surface area (Å²) in [5.41, 5.74) is 0.0804. The van der Waals surface area contributed by atoms with Gasteiger partial charge in [0.05, 0.1) is 5.57 Å². The molecule has 0 fully saturated rings. The second-order valence-electron chi connectivity index (χ2n) is 3.83. The summed E-state index contributed by atoms with van der Waals surface area (Å²) in [5.74, 6) is 0. The van der Waals surface area contributed by atoms with Crippen molar-refractivity contribution in [2.75, 3.05) is 0 Å². The molecule has 0 amide bonds. The number of benzene rings is 2. The summed E-state index contributed by atoms with van der Waals surface area (Å²) < 4.78 is 39.1. The Balaban J connectivity index is 2.48. The van der Waals surface area contributed by atoms with E-state index in [1.54, 1.807) is 48.5 Å². The number of rotatable bonds is 2. The summed E-state index contributed by atoms with van der Waals surface area (Å²) in [6.45, 7) is 0. The van der Waals surface area contributed by atoms with Crippen LogP contribution >= 0.6 is 0 Å². The SMILES string of the molecule is FC(F)(F)C(=Cc1ccccc1)c1ccccc1. The van der Waals surface area contributed by atoms with Crippen LogP contribution in [-0.2, 0) is 0 Å². The Morgan fingerprint density at radius 2 is 1.28 bits per heavy atom. The Labute approximate surface area is 103 Å². The highest BCUT2D eigenvalue weighted by Gasteiger charge is 2.34. The molecule has 0 aliphatic carbocycles. The number of halogens is 3. The first kappa shape index (κ1) is 12.4. The number of allylic oxidation sites excluding steroid dienone is 1. The lowest BCUT2D eigenvalue weighted by molar-refractivity contribution is -0.0683. The monoisotopic (exact) mass is 248 g/mol. The van der Waals surface area contributed by atoms with Crippen molar-refractivity contribution in [3.05, 3.63) is 71.8 Å². The Hall–Kier alpha value is -2.03. The normalized spacial score (nSPS) is 12.5.